The minimum Gasteiger partial charge on any atom is -0.330 e. The van der Waals surface area contributed by atoms with Crippen molar-refractivity contribution in [3.63, 3.8) is 0 Å². The summed E-state index contributed by atoms with van der Waals surface area (Å²) in [5, 5.41) is 0. The molecule has 0 aliphatic carbocycles. The number of hydrogen-bond acceptors (Lipinski definition) is 2. The van der Waals surface area contributed by atoms with Gasteiger partial charge in [-0.2, -0.15) is 0 Å². The fraction of sp³-hybridized carbons (Fsp3) is 1.00. The molecule has 2 nitrogen and oxygen atoms in total. The summed E-state index contributed by atoms with van der Waals surface area (Å²) < 4.78 is 0. The van der Waals surface area contributed by atoms with Crippen molar-refractivity contribution in [1.82, 2.24) is 4.90 Å². The zero-order valence-electron chi connectivity index (χ0n) is 15.8. The number of unbranched alkanes of at least 4 members (excludes halogenated alkanes) is 11. The lowest BCUT2D eigenvalue weighted by atomic mass is 10.1. The van der Waals surface area contributed by atoms with E-state index in [1.165, 1.54) is 110 Å². The maximum Gasteiger partial charge on any atom is -0.00187 e. The van der Waals surface area contributed by atoms with Gasteiger partial charge in [-0.3, -0.25) is 0 Å². The van der Waals surface area contributed by atoms with Gasteiger partial charge in [0.1, 0.15) is 0 Å². The van der Waals surface area contributed by atoms with Crippen molar-refractivity contribution in [1.29, 1.82) is 0 Å². The standard InChI is InChI=1S/C20H44N2/c1-3-18-22(19-4-2)20-16-14-12-10-8-6-5-7-9-11-13-15-17-21/h3-21H2,1-2H3. The van der Waals surface area contributed by atoms with Crippen LogP contribution in [0.2, 0.25) is 0 Å². The Kier molecular flexibility index (Phi) is 18.9. The zero-order chi connectivity index (χ0) is 16.3. The molecule has 0 rings (SSSR count). The van der Waals surface area contributed by atoms with Crippen LogP contribution >= 0.6 is 0 Å². The van der Waals surface area contributed by atoms with Crippen molar-refractivity contribution in [2.75, 3.05) is 26.2 Å². The van der Waals surface area contributed by atoms with Crippen LogP contribution in [0.3, 0.4) is 0 Å². The summed E-state index contributed by atoms with van der Waals surface area (Å²) in [6.07, 6.45) is 19.5. The monoisotopic (exact) mass is 312 g/mol. The molecule has 0 saturated heterocycles. The molecule has 0 aromatic heterocycles. The highest BCUT2D eigenvalue weighted by Crippen LogP contribution is 2.12. The Morgan fingerprint density at radius 1 is 0.500 bits per heavy atom. The molecule has 0 bridgehead atoms. The Balaban J connectivity index is 3.16. The molecule has 0 saturated carbocycles. The highest BCUT2D eigenvalue weighted by atomic mass is 15.1. The molecule has 134 valence electrons. The van der Waals surface area contributed by atoms with Crippen LogP contribution in [-0.2, 0) is 0 Å². The Bertz CT molecular complexity index is 188. The van der Waals surface area contributed by atoms with E-state index in [-0.39, 0.29) is 0 Å². The molecule has 0 aromatic rings. The summed E-state index contributed by atoms with van der Waals surface area (Å²) in [7, 11) is 0. The fourth-order valence-corrected chi connectivity index (χ4v) is 3.22. The Morgan fingerprint density at radius 3 is 1.23 bits per heavy atom. The number of nitrogens with two attached hydrogens (primary N) is 1. The van der Waals surface area contributed by atoms with Crippen LogP contribution in [0.5, 0.6) is 0 Å². The van der Waals surface area contributed by atoms with Gasteiger partial charge in [0.25, 0.3) is 0 Å². The summed E-state index contributed by atoms with van der Waals surface area (Å²) in [6, 6.07) is 0. The quantitative estimate of drug-likeness (QED) is 0.327. The molecule has 0 aliphatic heterocycles. The normalized spacial score (nSPS) is 11.5. The molecule has 0 spiro atoms. The first-order valence-corrected chi connectivity index (χ1v) is 10.3. The van der Waals surface area contributed by atoms with Crippen LogP contribution in [0.15, 0.2) is 0 Å². The van der Waals surface area contributed by atoms with E-state index >= 15 is 0 Å². The van der Waals surface area contributed by atoms with E-state index in [1.807, 2.05) is 0 Å². The van der Waals surface area contributed by atoms with Gasteiger partial charge in [0.2, 0.25) is 0 Å². The summed E-state index contributed by atoms with van der Waals surface area (Å²) in [5.74, 6) is 0. The predicted molar refractivity (Wildman–Crippen MR) is 101 cm³/mol. The number of hydrogen-bond donors (Lipinski definition) is 1. The number of rotatable bonds is 18. The Labute approximate surface area is 141 Å². The summed E-state index contributed by atoms with van der Waals surface area (Å²) in [6.45, 7) is 9.36. The minimum absolute atomic E-state index is 0.870. The minimum atomic E-state index is 0.870. The molecule has 0 atom stereocenters. The average molecular weight is 313 g/mol. The van der Waals surface area contributed by atoms with Gasteiger partial charge in [0.05, 0.1) is 0 Å². The molecule has 0 fully saturated rings. The van der Waals surface area contributed by atoms with Crippen LogP contribution in [0.25, 0.3) is 0 Å². The molecule has 0 aliphatic rings. The molecular formula is C20H44N2. The molecule has 0 heterocycles. The van der Waals surface area contributed by atoms with Crippen LogP contribution in [0.4, 0.5) is 0 Å². The fourth-order valence-electron chi connectivity index (χ4n) is 3.22. The SMILES string of the molecule is CCCN(CCC)CCCCCCCCCCCCCCN. The second-order valence-corrected chi connectivity index (χ2v) is 6.87. The second-order valence-electron chi connectivity index (χ2n) is 6.87. The maximum atomic E-state index is 5.50. The summed E-state index contributed by atoms with van der Waals surface area (Å²) >= 11 is 0. The molecule has 2 heteroatoms. The zero-order valence-corrected chi connectivity index (χ0v) is 15.8. The predicted octanol–water partition coefficient (Wildman–Crippen LogP) is 5.75. The molecule has 0 amide bonds. The molecule has 0 unspecified atom stereocenters. The first-order valence-electron chi connectivity index (χ1n) is 10.3. The highest BCUT2D eigenvalue weighted by Gasteiger charge is 2.01. The van der Waals surface area contributed by atoms with Gasteiger partial charge in [-0.25, -0.2) is 0 Å². The van der Waals surface area contributed by atoms with Gasteiger partial charge in [-0.1, -0.05) is 78.1 Å². The first kappa shape index (κ1) is 21.9. The molecular weight excluding hydrogens is 268 g/mol. The van der Waals surface area contributed by atoms with Crippen molar-refractivity contribution in [3.8, 4) is 0 Å². The highest BCUT2D eigenvalue weighted by molar-refractivity contribution is 4.57. The van der Waals surface area contributed by atoms with Gasteiger partial charge in [-0.15, -0.1) is 0 Å². The third-order valence-electron chi connectivity index (χ3n) is 4.51. The van der Waals surface area contributed by atoms with Gasteiger partial charge < -0.3 is 10.6 Å². The van der Waals surface area contributed by atoms with E-state index < -0.39 is 0 Å². The third kappa shape index (κ3) is 16.3. The van der Waals surface area contributed by atoms with Gasteiger partial charge in [0.15, 0.2) is 0 Å². The molecule has 0 aromatic carbocycles. The van der Waals surface area contributed by atoms with E-state index in [0.717, 1.165) is 6.54 Å². The van der Waals surface area contributed by atoms with E-state index in [4.69, 9.17) is 5.73 Å². The average Bonchev–Trinajstić information content (AvgIpc) is 2.52. The van der Waals surface area contributed by atoms with Crippen LogP contribution < -0.4 is 5.73 Å². The largest absolute Gasteiger partial charge is 0.330 e. The van der Waals surface area contributed by atoms with E-state index in [9.17, 15) is 0 Å². The van der Waals surface area contributed by atoms with E-state index in [0.29, 0.717) is 0 Å². The van der Waals surface area contributed by atoms with Gasteiger partial charge >= 0.3 is 0 Å². The van der Waals surface area contributed by atoms with Crippen molar-refractivity contribution < 1.29 is 0 Å². The number of nitrogens with zero attached hydrogens (tertiary/aromatic N) is 1. The van der Waals surface area contributed by atoms with Crippen LogP contribution in [-0.4, -0.2) is 31.1 Å². The van der Waals surface area contributed by atoms with Crippen molar-refractivity contribution >= 4 is 0 Å². The smallest absolute Gasteiger partial charge is 0.00187 e. The van der Waals surface area contributed by atoms with Crippen LogP contribution in [0, 0.1) is 0 Å². The lowest BCUT2D eigenvalue weighted by Gasteiger charge is -2.20. The third-order valence-corrected chi connectivity index (χ3v) is 4.51. The summed E-state index contributed by atoms with van der Waals surface area (Å²) in [4.78, 5) is 2.64. The topological polar surface area (TPSA) is 29.3 Å². The molecule has 2 N–H and O–H groups in total. The Hall–Kier alpha value is -0.0800. The molecule has 22 heavy (non-hydrogen) atoms. The first-order chi connectivity index (χ1) is 10.8. The lowest BCUT2D eigenvalue weighted by Crippen LogP contribution is -2.26. The van der Waals surface area contributed by atoms with Crippen molar-refractivity contribution in [2.24, 2.45) is 5.73 Å². The molecule has 0 radical (unpaired) electrons. The summed E-state index contributed by atoms with van der Waals surface area (Å²) in [5.41, 5.74) is 5.50. The second kappa shape index (κ2) is 19.0. The Morgan fingerprint density at radius 2 is 0.864 bits per heavy atom. The van der Waals surface area contributed by atoms with Gasteiger partial charge in [-0.05, 0) is 51.9 Å². The van der Waals surface area contributed by atoms with Gasteiger partial charge in [0, 0.05) is 0 Å². The lowest BCUT2D eigenvalue weighted by molar-refractivity contribution is 0.267. The van der Waals surface area contributed by atoms with Crippen molar-refractivity contribution in [2.45, 2.75) is 104 Å². The van der Waals surface area contributed by atoms with E-state index in [2.05, 4.69) is 18.7 Å². The van der Waals surface area contributed by atoms with Crippen molar-refractivity contribution in [3.05, 3.63) is 0 Å². The van der Waals surface area contributed by atoms with E-state index in [1.54, 1.807) is 0 Å². The maximum absolute atomic E-state index is 5.50. The van der Waals surface area contributed by atoms with Crippen LogP contribution in [0.1, 0.15) is 104 Å².